The fourth-order valence-electron chi connectivity index (χ4n) is 4.63. The number of ether oxygens (including phenoxy) is 2. The van der Waals surface area contributed by atoms with Crippen LogP contribution >= 0.6 is 11.6 Å². The molecule has 35 heavy (non-hydrogen) atoms. The Kier molecular flexibility index (Phi) is 6.25. The lowest BCUT2D eigenvalue weighted by Crippen LogP contribution is -2.54. The fourth-order valence-corrected chi connectivity index (χ4v) is 4.75. The van der Waals surface area contributed by atoms with Crippen LogP contribution in [0.25, 0.3) is 0 Å². The van der Waals surface area contributed by atoms with Gasteiger partial charge < -0.3 is 24.6 Å². The van der Waals surface area contributed by atoms with Crippen molar-refractivity contribution >= 4 is 35.2 Å². The predicted molar refractivity (Wildman–Crippen MR) is 129 cm³/mol. The zero-order chi connectivity index (χ0) is 24.5. The lowest BCUT2D eigenvalue weighted by molar-refractivity contribution is -0.136. The van der Waals surface area contributed by atoms with Gasteiger partial charge in [-0.1, -0.05) is 23.7 Å². The van der Waals surface area contributed by atoms with Crippen molar-refractivity contribution in [2.24, 2.45) is 0 Å². The number of amides is 3. The van der Waals surface area contributed by atoms with Crippen LogP contribution in [0.1, 0.15) is 11.6 Å². The summed E-state index contributed by atoms with van der Waals surface area (Å²) in [5.41, 5.74) is 2.57. The highest BCUT2D eigenvalue weighted by Gasteiger charge is 2.43. The SMILES string of the molecule is COc1ccc(N2CCN(C(=O)CN3C(=O)NC(c4ccc(Cl)cc4)C4=C3COC4=O)CC2)cc1. The van der Waals surface area contributed by atoms with Crippen molar-refractivity contribution in [3.8, 4) is 5.75 Å². The highest BCUT2D eigenvalue weighted by atomic mass is 35.5. The van der Waals surface area contributed by atoms with Gasteiger partial charge in [-0.05, 0) is 42.0 Å². The molecule has 1 atom stereocenters. The second kappa shape index (κ2) is 9.50. The molecule has 1 saturated heterocycles. The summed E-state index contributed by atoms with van der Waals surface area (Å²) in [5, 5.41) is 3.40. The molecule has 3 amide bonds. The van der Waals surface area contributed by atoms with Gasteiger partial charge in [-0.2, -0.15) is 0 Å². The highest BCUT2D eigenvalue weighted by Crippen LogP contribution is 2.35. The molecule has 1 N–H and O–H groups in total. The molecule has 3 aliphatic rings. The van der Waals surface area contributed by atoms with Crippen molar-refractivity contribution in [1.29, 1.82) is 0 Å². The molecule has 0 radical (unpaired) electrons. The Morgan fingerprint density at radius 2 is 1.74 bits per heavy atom. The average molecular weight is 497 g/mol. The lowest BCUT2D eigenvalue weighted by Gasteiger charge is -2.38. The second-order valence-electron chi connectivity index (χ2n) is 8.52. The molecule has 0 saturated carbocycles. The van der Waals surface area contributed by atoms with E-state index < -0.39 is 18.0 Å². The lowest BCUT2D eigenvalue weighted by atomic mass is 9.96. The van der Waals surface area contributed by atoms with Gasteiger partial charge in [0.1, 0.15) is 18.9 Å². The molecule has 1 unspecified atom stereocenters. The second-order valence-corrected chi connectivity index (χ2v) is 8.96. The largest absolute Gasteiger partial charge is 0.497 e. The number of urea groups is 1. The molecule has 10 heteroatoms. The quantitative estimate of drug-likeness (QED) is 0.640. The summed E-state index contributed by atoms with van der Waals surface area (Å²) in [5.74, 6) is 0.125. The first-order valence-electron chi connectivity index (χ1n) is 11.3. The van der Waals surface area contributed by atoms with Crippen LogP contribution in [0.2, 0.25) is 5.02 Å². The molecule has 3 heterocycles. The Balaban J connectivity index is 1.27. The van der Waals surface area contributed by atoms with E-state index in [1.807, 2.05) is 24.3 Å². The number of hydrogen-bond donors (Lipinski definition) is 1. The molecule has 9 nitrogen and oxygen atoms in total. The highest BCUT2D eigenvalue weighted by molar-refractivity contribution is 6.30. The van der Waals surface area contributed by atoms with E-state index in [-0.39, 0.29) is 19.1 Å². The van der Waals surface area contributed by atoms with E-state index in [4.69, 9.17) is 21.1 Å². The molecule has 0 aliphatic carbocycles. The Bertz CT molecular complexity index is 1170. The molecule has 1 fully saturated rings. The minimum absolute atomic E-state index is 0.0375. The number of rotatable bonds is 5. The Labute approximate surface area is 207 Å². The van der Waals surface area contributed by atoms with Gasteiger partial charge in [0.25, 0.3) is 0 Å². The van der Waals surface area contributed by atoms with Gasteiger partial charge >= 0.3 is 12.0 Å². The maximum Gasteiger partial charge on any atom is 0.338 e. The molecule has 182 valence electrons. The third-order valence-electron chi connectivity index (χ3n) is 6.56. The number of halogens is 1. The third-order valence-corrected chi connectivity index (χ3v) is 6.82. The number of piperazine rings is 1. The van der Waals surface area contributed by atoms with Crippen LogP contribution in [0.15, 0.2) is 59.8 Å². The van der Waals surface area contributed by atoms with Gasteiger partial charge in [-0.3, -0.25) is 9.69 Å². The standard InChI is InChI=1S/C25H25ClN4O5/c1-34-19-8-6-18(7-9-19)28-10-12-29(13-11-28)21(31)14-30-20-15-35-24(32)22(20)23(27-25(30)33)16-2-4-17(26)5-3-16/h2-9,23H,10-15H2,1H3,(H,27,33). The Hall–Kier alpha value is -3.72. The van der Waals surface area contributed by atoms with Crippen LogP contribution in [0, 0.1) is 0 Å². The van der Waals surface area contributed by atoms with Gasteiger partial charge in [0.2, 0.25) is 5.91 Å². The molecule has 2 aromatic carbocycles. The zero-order valence-corrected chi connectivity index (χ0v) is 20.0. The summed E-state index contributed by atoms with van der Waals surface area (Å²) in [6.07, 6.45) is 0. The number of carbonyl (C=O) groups excluding carboxylic acids is 3. The zero-order valence-electron chi connectivity index (χ0n) is 19.2. The number of nitrogens with zero attached hydrogens (tertiary/aromatic N) is 3. The Morgan fingerprint density at radius 1 is 1.06 bits per heavy atom. The summed E-state index contributed by atoms with van der Waals surface area (Å²) < 4.78 is 10.5. The number of hydrogen-bond acceptors (Lipinski definition) is 6. The van der Waals surface area contributed by atoms with Crippen LogP contribution in [0.4, 0.5) is 10.5 Å². The number of benzene rings is 2. The maximum absolute atomic E-state index is 13.1. The van der Waals surface area contributed by atoms with Crippen molar-refractivity contribution in [2.75, 3.05) is 51.3 Å². The first kappa shape index (κ1) is 23.0. The number of methoxy groups -OCH3 is 1. The summed E-state index contributed by atoms with van der Waals surface area (Å²) in [7, 11) is 1.63. The average Bonchev–Trinajstić information content (AvgIpc) is 3.27. The number of cyclic esters (lactones) is 1. The van der Waals surface area contributed by atoms with E-state index in [0.717, 1.165) is 17.0 Å². The summed E-state index contributed by atoms with van der Waals surface area (Å²) >= 11 is 5.98. The number of carbonyl (C=O) groups is 3. The number of nitrogens with one attached hydrogen (secondary N) is 1. The van der Waals surface area contributed by atoms with E-state index in [0.29, 0.717) is 42.5 Å². The first-order chi connectivity index (χ1) is 16.9. The van der Waals surface area contributed by atoms with E-state index in [1.165, 1.54) is 4.90 Å². The van der Waals surface area contributed by atoms with Crippen LogP contribution in [0.5, 0.6) is 5.75 Å². The summed E-state index contributed by atoms with van der Waals surface area (Å²) in [6, 6.07) is 13.6. The monoisotopic (exact) mass is 496 g/mol. The molecule has 3 aliphatic heterocycles. The van der Waals surface area contributed by atoms with Crippen molar-refractivity contribution in [1.82, 2.24) is 15.1 Å². The van der Waals surface area contributed by atoms with E-state index >= 15 is 0 Å². The van der Waals surface area contributed by atoms with Gasteiger partial charge in [-0.15, -0.1) is 0 Å². The van der Waals surface area contributed by atoms with Crippen molar-refractivity contribution < 1.29 is 23.9 Å². The van der Waals surface area contributed by atoms with Crippen molar-refractivity contribution in [2.45, 2.75) is 6.04 Å². The van der Waals surface area contributed by atoms with Crippen LogP contribution in [0.3, 0.4) is 0 Å². The minimum atomic E-state index is -0.649. The maximum atomic E-state index is 13.1. The molecule has 0 spiro atoms. The van der Waals surface area contributed by atoms with Crippen LogP contribution in [-0.4, -0.2) is 74.1 Å². The van der Waals surface area contributed by atoms with Crippen LogP contribution in [-0.2, 0) is 14.3 Å². The molecule has 2 aromatic rings. The third kappa shape index (κ3) is 4.51. The number of esters is 1. The summed E-state index contributed by atoms with van der Waals surface area (Å²) in [6.45, 7) is 2.24. The van der Waals surface area contributed by atoms with Crippen molar-refractivity contribution in [3.63, 3.8) is 0 Å². The molecule has 5 rings (SSSR count). The molecular weight excluding hydrogens is 472 g/mol. The predicted octanol–water partition coefficient (Wildman–Crippen LogP) is 2.57. The summed E-state index contributed by atoms with van der Waals surface area (Å²) in [4.78, 5) is 43.9. The molecular formula is C25H25ClN4O5. The van der Waals surface area contributed by atoms with Crippen LogP contribution < -0.4 is 15.0 Å². The smallest absolute Gasteiger partial charge is 0.338 e. The van der Waals surface area contributed by atoms with Gasteiger partial charge in [-0.25, -0.2) is 9.59 Å². The molecule has 0 aromatic heterocycles. The normalized spacial score (nSPS) is 19.9. The van der Waals surface area contributed by atoms with E-state index in [9.17, 15) is 14.4 Å². The number of anilines is 1. The molecule has 0 bridgehead atoms. The van der Waals surface area contributed by atoms with Gasteiger partial charge in [0, 0.05) is 36.9 Å². The first-order valence-corrected chi connectivity index (χ1v) is 11.7. The fraction of sp³-hybridized carbons (Fsp3) is 0.320. The van der Waals surface area contributed by atoms with E-state index in [1.54, 1.807) is 36.3 Å². The van der Waals surface area contributed by atoms with Gasteiger partial charge in [0.15, 0.2) is 0 Å². The van der Waals surface area contributed by atoms with E-state index in [2.05, 4.69) is 10.2 Å². The van der Waals surface area contributed by atoms with Crippen molar-refractivity contribution in [3.05, 3.63) is 70.4 Å². The minimum Gasteiger partial charge on any atom is -0.497 e. The van der Waals surface area contributed by atoms with Gasteiger partial charge in [0.05, 0.1) is 24.4 Å². The Morgan fingerprint density at radius 3 is 2.40 bits per heavy atom. The topological polar surface area (TPSA) is 91.4 Å².